The molecule has 164 valence electrons. The summed E-state index contributed by atoms with van der Waals surface area (Å²) in [7, 11) is 1.60. The van der Waals surface area contributed by atoms with Gasteiger partial charge in [-0.05, 0) is 50.3 Å². The largest absolute Gasteiger partial charge is 0.497 e. The first-order valence-corrected chi connectivity index (χ1v) is 10.9. The molecular weight excluding hydrogens is 396 g/mol. The van der Waals surface area contributed by atoms with Gasteiger partial charge in [0, 0.05) is 42.8 Å². The number of hydrogen-bond donors (Lipinski definition) is 2. The van der Waals surface area contributed by atoms with E-state index in [9.17, 15) is 9.59 Å². The van der Waals surface area contributed by atoms with Gasteiger partial charge in [0.1, 0.15) is 11.5 Å². The van der Waals surface area contributed by atoms with Crippen LogP contribution in [0.4, 0.5) is 0 Å². The standard InChI is InChI=1S/C23H28N4O4/c1-14-7-8-25-27(14)10-9-24-21(28)19-11-16-4-3-15(19)13-23(16)26-22(29)18-6-5-17(30-2)12-20(18)31-23/h5-8,12,15-16,19H,3-4,9-11,13H2,1-2H3,(H,24,28)(H,26,29)/t15-,16+,19+,23-/m1/s1. The normalized spacial score (nSPS) is 28.6. The van der Waals surface area contributed by atoms with Crippen LogP contribution >= 0.6 is 0 Å². The van der Waals surface area contributed by atoms with Crippen molar-refractivity contribution < 1.29 is 19.1 Å². The van der Waals surface area contributed by atoms with Crippen LogP contribution in [0.2, 0.25) is 0 Å². The number of methoxy groups -OCH3 is 1. The summed E-state index contributed by atoms with van der Waals surface area (Å²) in [6.07, 6.45) is 5.06. The number of benzene rings is 1. The molecule has 3 fully saturated rings. The lowest BCUT2D eigenvalue weighted by Gasteiger charge is -2.55. The number of nitrogens with zero attached hydrogens (tertiary/aromatic N) is 2. The quantitative estimate of drug-likeness (QED) is 0.768. The van der Waals surface area contributed by atoms with Crippen LogP contribution in [0.5, 0.6) is 11.5 Å². The van der Waals surface area contributed by atoms with E-state index in [1.807, 2.05) is 17.7 Å². The average molecular weight is 425 g/mol. The maximum atomic E-state index is 12.9. The summed E-state index contributed by atoms with van der Waals surface area (Å²) in [6, 6.07) is 7.22. The van der Waals surface area contributed by atoms with Gasteiger partial charge in [-0.1, -0.05) is 0 Å². The summed E-state index contributed by atoms with van der Waals surface area (Å²) < 4.78 is 13.6. The molecule has 8 nitrogen and oxygen atoms in total. The molecule has 3 saturated carbocycles. The maximum absolute atomic E-state index is 12.9. The molecular formula is C23H28N4O4. The SMILES string of the molecule is COc1ccc2c(c1)O[C@@]1(C[C@H]3CC[C@H]1C[C@@H]3C(=O)NCCn1nccc1C)NC2=O. The Morgan fingerprint density at radius 1 is 1.39 bits per heavy atom. The van der Waals surface area contributed by atoms with E-state index in [-0.39, 0.29) is 29.6 Å². The van der Waals surface area contributed by atoms with Crippen LogP contribution in [0.25, 0.3) is 0 Å². The van der Waals surface area contributed by atoms with Crippen molar-refractivity contribution in [2.24, 2.45) is 17.8 Å². The predicted octanol–water partition coefficient (Wildman–Crippen LogP) is 2.27. The predicted molar refractivity (Wildman–Crippen MR) is 113 cm³/mol. The summed E-state index contributed by atoms with van der Waals surface area (Å²) in [5.74, 6) is 1.44. The first-order valence-electron chi connectivity index (χ1n) is 10.9. The van der Waals surface area contributed by atoms with Crippen LogP contribution in [0.1, 0.15) is 41.7 Å². The Morgan fingerprint density at radius 2 is 2.26 bits per heavy atom. The molecule has 0 radical (unpaired) electrons. The monoisotopic (exact) mass is 424 g/mol. The second-order valence-corrected chi connectivity index (χ2v) is 8.88. The van der Waals surface area contributed by atoms with Crippen molar-refractivity contribution in [3.05, 3.63) is 41.7 Å². The van der Waals surface area contributed by atoms with Gasteiger partial charge in [-0.2, -0.15) is 5.10 Å². The third-order valence-electron chi connectivity index (χ3n) is 7.16. The van der Waals surface area contributed by atoms with E-state index in [1.54, 1.807) is 31.5 Å². The van der Waals surface area contributed by atoms with E-state index >= 15 is 0 Å². The molecule has 0 saturated heterocycles. The molecule has 4 aliphatic rings. The molecule has 1 aliphatic heterocycles. The molecule has 1 spiro atoms. The van der Waals surface area contributed by atoms with Crippen molar-refractivity contribution in [2.75, 3.05) is 13.7 Å². The van der Waals surface area contributed by atoms with Gasteiger partial charge in [-0.3, -0.25) is 14.3 Å². The molecule has 31 heavy (non-hydrogen) atoms. The second-order valence-electron chi connectivity index (χ2n) is 8.88. The summed E-state index contributed by atoms with van der Waals surface area (Å²) in [5.41, 5.74) is 0.869. The van der Waals surface area contributed by atoms with E-state index in [0.717, 1.165) is 25.0 Å². The van der Waals surface area contributed by atoms with E-state index in [4.69, 9.17) is 9.47 Å². The Kier molecular flexibility index (Phi) is 4.87. The number of hydrogen-bond acceptors (Lipinski definition) is 5. The molecule has 1 aromatic carbocycles. The minimum atomic E-state index is -0.734. The van der Waals surface area contributed by atoms with Crippen LogP contribution in [-0.4, -0.2) is 41.0 Å². The summed E-state index contributed by atoms with van der Waals surface area (Å²) in [6.45, 7) is 3.22. The van der Waals surface area contributed by atoms with Crippen LogP contribution in [0, 0.1) is 24.7 Å². The lowest BCUT2D eigenvalue weighted by atomic mass is 9.60. The first kappa shape index (κ1) is 19.9. The van der Waals surface area contributed by atoms with Crippen molar-refractivity contribution in [3.8, 4) is 11.5 Å². The fourth-order valence-electron chi connectivity index (χ4n) is 5.49. The third kappa shape index (κ3) is 3.43. The molecule has 2 heterocycles. The Labute approximate surface area is 181 Å². The van der Waals surface area contributed by atoms with Gasteiger partial charge in [0.05, 0.1) is 19.2 Å². The van der Waals surface area contributed by atoms with E-state index < -0.39 is 5.72 Å². The number of aromatic nitrogens is 2. The second kappa shape index (κ2) is 7.59. The lowest BCUT2D eigenvalue weighted by molar-refractivity contribution is -0.146. The molecule has 2 N–H and O–H groups in total. The molecule has 2 aromatic rings. The number of fused-ring (bicyclic) bond motifs is 3. The number of carbonyl (C=O) groups is 2. The highest BCUT2D eigenvalue weighted by Crippen LogP contribution is 2.52. The van der Waals surface area contributed by atoms with Gasteiger partial charge in [-0.25, -0.2) is 0 Å². The number of ether oxygens (including phenoxy) is 2. The van der Waals surface area contributed by atoms with Gasteiger partial charge in [0.15, 0.2) is 5.72 Å². The molecule has 6 rings (SSSR count). The Hall–Kier alpha value is -3.03. The number of amides is 2. The van der Waals surface area contributed by atoms with Gasteiger partial charge in [0.2, 0.25) is 5.91 Å². The zero-order valence-electron chi connectivity index (χ0n) is 17.9. The fraction of sp³-hybridized carbons (Fsp3) is 0.522. The number of nitrogens with one attached hydrogen (secondary N) is 2. The van der Waals surface area contributed by atoms with Crippen LogP contribution in [-0.2, 0) is 11.3 Å². The Bertz CT molecular complexity index is 1020. The topological polar surface area (TPSA) is 94.5 Å². The van der Waals surface area contributed by atoms with E-state index in [2.05, 4.69) is 15.7 Å². The molecule has 2 amide bonds. The molecule has 2 bridgehead atoms. The van der Waals surface area contributed by atoms with Crippen molar-refractivity contribution in [3.63, 3.8) is 0 Å². The Morgan fingerprint density at radius 3 is 2.97 bits per heavy atom. The average Bonchev–Trinajstić information content (AvgIpc) is 3.18. The Balaban J connectivity index is 1.27. The highest BCUT2D eigenvalue weighted by atomic mass is 16.5. The number of rotatable bonds is 5. The third-order valence-corrected chi connectivity index (χ3v) is 7.16. The van der Waals surface area contributed by atoms with Crippen LogP contribution in [0.3, 0.4) is 0 Å². The summed E-state index contributed by atoms with van der Waals surface area (Å²) in [4.78, 5) is 25.7. The smallest absolute Gasteiger partial charge is 0.258 e. The minimum Gasteiger partial charge on any atom is -0.497 e. The van der Waals surface area contributed by atoms with Gasteiger partial charge >= 0.3 is 0 Å². The summed E-state index contributed by atoms with van der Waals surface area (Å²) >= 11 is 0. The zero-order chi connectivity index (χ0) is 21.6. The molecule has 3 aliphatic carbocycles. The maximum Gasteiger partial charge on any atom is 0.258 e. The first-order chi connectivity index (χ1) is 15.0. The van der Waals surface area contributed by atoms with Crippen molar-refractivity contribution in [2.45, 2.75) is 44.9 Å². The van der Waals surface area contributed by atoms with E-state index in [0.29, 0.717) is 36.6 Å². The fourth-order valence-corrected chi connectivity index (χ4v) is 5.49. The zero-order valence-corrected chi connectivity index (χ0v) is 17.9. The number of aryl methyl sites for hydroxylation is 1. The molecule has 4 atom stereocenters. The van der Waals surface area contributed by atoms with Crippen molar-refractivity contribution in [1.29, 1.82) is 0 Å². The van der Waals surface area contributed by atoms with Crippen molar-refractivity contribution in [1.82, 2.24) is 20.4 Å². The van der Waals surface area contributed by atoms with E-state index in [1.165, 1.54) is 0 Å². The van der Waals surface area contributed by atoms with Crippen molar-refractivity contribution >= 4 is 11.8 Å². The summed E-state index contributed by atoms with van der Waals surface area (Å²) in [5, 5.41) is 10.5. The molecule has 1 aromatic heterocycles. The molecule has 0 unspecified atom stereocenters. The number of carbonyl (C=O) groups excluding carboxylic acids is 2. The highest BCUT2D eigenvalue weighted by Gasteiger charge is 2.57. The van der Waals surface area contributed by atoms with Gasteiger partial charge < -0.3 is 20.1 Å². The minimum absolute atomic E-state index is 0.0460. The van der Waals surface area contributed by atoms with Gasteiger partial charge in [0.25, 0.3) is 5.91 Å². The molecule has 8 heteroatoms. The van der Waals surface area contributed by atoms with Crippen LogP contribution in [0.15, 0.2) is 30.5 Å². The lowest BCUT2D eigenvalue weighted by Crippen LogP contribution is -2.67. The van der Waals surface area contributed by atoms with Gasteiger partial charge in [-0.15, -0.1) is 0 Å². The highest BCUT2D eigenvalue weighted by molar-refractivity contribution is 5.98. The van der Waals surface area contributed by atoms with Crippen LogP contribution < -0.4 is 20.1 Å².